The zero-order valence-corrected chi connectivity index (χ0v) is 13.5. The smallest absolute Gasteiger partial charge is 0.222 e. The first-order chi connectivity index (χ1) is 11.1. The Kier molecular flexibility index (Phi) is 2.92. The lowest BCUT2D eigenvalue weighted by molar-refractivity contribution is 0.417. The third-order valence-electron chi connectivity index (χ3n) is 3.94. The molecule has 6 nitrogen and oxygen atoms in total. The number of thiophene rings is 1. The number of nitrogens with two attached hydrogens (primary N) is 2. The molecule has 0 saturated heterocycles. The van der Waals surface area contributed by atoms with Crippen LogP contribution < -0.4 is 16.2 Å². The summed E-state index contributed by atoms with van der Waals surface area (Å²) in [5, 5.41) is 3.84. The summed E-state index contributed by atoms with van der Waals surface area (Å²) in [7, 11) is 3.68. The average Bonchev–Trinajstić information content (AvgIpc) is 3.13. The Morgan fingerprint density at radius 1 is 1.22 bits per heavy atom. The molecule has 0 fully saturated rings. The first-order valence-corrected chi connectivity index (χ1v) is 7.90. The normalized spacial score (nSPS) is 11.4. The van der Waals surface area contributed by atoms with Crippen LogP contribution >= 0.6 is 11.3 Å². The number of benzene rings is 1. The monoisotopic (exact) mass is 325 g/mol. The molecule has 3 heterocycles. The Labute approximate surface area is 136 Å². The largest absolute Gasteiger partial charge is 0.496 e. The lowest BCUT2D eigenvalue weighted by atomic mass is 10.0. The van der Waals surface area contributed by atoms with Gasteiger partial charge < -0.3 is 20.8 Å². The van der Waals surface area contributed by atoms with E-state index < -0.39 is 0 Å². The van der Waals surface area contributed by atoms with Crippen molar-refractivity contribution in [3.63, 3.8) is 0 Å². The van der Waals surface area contributed by atoms with Crippen molar-refractivity contribution in [3.8, 4) is 16.2 Å². The van der Waals surface area contributed by atoms with Crippen LogP contribution in [-0.2, 0) is 7.05 Å². The van der Waals surface area contributed by atoms with Gasteiger partial charge in [-0.1, -0.05) is 0 Å². The summed E-state index contributed by atoms with van der Waals surface area (Å²) in [6.07, 6.45) is 2.01. The van der Waals surface area contributed by atoms with Crippen LogP contribution in [0.1, 0.15) is 0 Å². The van der Waals surface area contributed by atoms with E-state index in [0.717, 1.165) is 38.0 Å². The lowest BCUT2D eigenvalue weighted by Crippen LogP contribution is -2.01. The molecule has 3 aromatic heterocycles. The Bertz CT molecular complexity index is 1050. The number of fused-ring (bicyclic) bond motifs is 3. The zero-order chi connectivity index (χ0) is 16.1. The minimum atomic E-state index is 0.181. The van der Waals surface area contributed by atoms with Gasteiger partial charge in [0, 0.05) is 34.5 Å². The van der Waals surface area contributed by atoms with Crippen molar-refractivity contribution in [1.82, 2.24) is 14.5 Å². The SMILES string of the molecule is COc1csc(-c2cc3nc(N)nc(N)c3c3ccn(C)c23)c1. The molecule has 1 aromatic carbocycles. The van der Waals surface area contributed by atoms with Crippen molar-refractivity contribution in [2.45, 2.75) is 0 Å². The van der Waals surface area contributed by atoms with E-state index in [2.05, 4.69) is 14.5 Å². The number of hydrogen-bond donors (Lipinski definition) is 2. The summed E-state index contributed by atoms with van der Waals surface area (Å²) in [6.45, 7) is 0. The molecule has 0 aliphatic heterocycles. The van der Waals surface area contributed by atoms with Gasteiger partial charge in [-0.3, -0.25) is 0 Å². The molecule has 0 aliphatic rings. The van der Waals surface area contributed by atoms with Gasteiger partial charge in [0.05, 0.1) is 23.5 Å². The van der Waals surface area contributed by atoms with Gasteiger partial charge in [0.2, 0.25) is 5.95 Å². The van der Waals surface area contributed by atoms with Crippen LogP contribution in [0, 0.1) is 0 Å². The second-order valence-corrected chi connectivity index (χ2v) is 6.24. The van der Waals surface area contributed by atoms with Crippen LogP contribution in [0.3, 0.4) is 0 Å². The van der Waals surface area contributed by atoms with Crippen molar-refractivity contribution < 1.29 is 4.74 Å². The van der Waals surface area contributed by atoms with E-state index >= 15 is 0 Å². The van der Waals surface area contributed by atoms with Gasteiger partial charge in [-0.25, -0.2) is 4.98 Å². The fourth-order valence-electron chi connectivity index (χ4n) is 2.92. The molecule has 4 aromatic rings. The Morgan fingerprint density at radius 2 is 2.04 bits per heavy atom. The molecule has 7 heteroatoms. The maximum atomic E-state index is 6.09. The van der Waals surface area contributed by atoms with Crippen molar-refractivity contribution in [1.29, 1.82) is 0 Å². The Morgan fingerprint density at radius 3 is 2.78 bits per heavy atom. The van der Waals surface area contributed by atoms with Crippen LogP contribution in [0.4, 0.5) is 11.8 Å². The van der Waals surface area contributed by atoms with Gasteiger partial charge in [0.1, 0.15) is 11.6 Å². The first-order valence-electron chi connectivity index (χ1n) is 7.02. The number of rotatable bonds is 2. The number of hydrogen-bond acceptors (Lipinski definition) is 6. The molecule has 4 rings (SSSR count). The fraction of sp³-hybridized carbons (Fsp3) is 0.125. The molecule has 0 spiro atoms. The maximum absolute atomic E-state index is 6.09. The van der Waals surface area contributed by atoms with Gasteiger partial charge in [-0.15, -0.1) is 11.3 Å². The van der Waals surface area contributed by atoms with E-state index in [1.807, 2.05) is 36.8 Å². The molecule has 4 N–H and O–H groups in total. The molecule has 0 atom stereocenters. The van der Waals surface area contributed by atoms with Crippen molar-refractivity contribution in [2.24, 2.45) is 7.05 Å². The fourth-order valence-corrected chi connectivity index (χ4v) is 3.80. The predicted octanol–water partition coefficient (Wildman–Crippen LogP) is 3.02. The molecule has 116 valence electrons. The second kappa shape index (κ2) is 4.85. The van der Waals surface area contributed by atoms with Crippen LogP contribution in [0.15, 0.2) is 29.8 Å². The van der Waals surface area contributed by atoms with Crippen molar-refractivity contribution in [3.05, 3.63) is 29.8 Å². The van der Waals surface area contributed by atoms with E-state index in [1.54, 1.807) is 18.4 Å². The number of anilines is 2. The van der Waals surface area contributed by atoms with Crippen LogP contribution in [0.25, 0.3) is 32.2 Å². The third kappa shape index (κ3) is 2.01. The topological polar surface area (TPSA) is 92.0 Å². The van der Waals surface area contributed by atoms with E-state index in [4.69, 9.17) is 16.2 Å². The minimum Gasteiger partial charge on any atom is -0.496 e. The van der Waals surface area contributed by atoms with Gasteiger partial charge in [-0.05, 0) is 18.2 Å². The number of nitrogens with zero attached hydrogens (tertiary/aromatic N) is 3. The lowest BCUT2D eigenvalue weighted by Gasteiger charge is -2.09. The maximum Gasteiger partial charge on any atom is 0.222 e. The quantitative estimate of drug-likeness (QED) is 0.591. The summed E-state index contributed by atoms with van der Waals surface area (Å²) in [6, 6.07) is 6.06. The molecule has 23 heavy (non-hydrogen) atoms. The number of nitrogen functional groups attached to an aromatic ring is 2. The molecular weight excluding hydrogens is 310 g/mol. The average molecular weight is 325 g/mol. The molecule has 0 radical (unpaired) electrons. The van der Waals surface area contributed by atoms with Gasteiger partial charge in [-0.2, -0.15) is 4.98 Å². The van der Waals surface area contributed by atoms with Crippen LogP contribution in [0.2, 0.25) is 0 Å². The van der Waals surface area contributed by atoms with Gasteiger partial charge in [0.15, 0.2) is 0 Å². The minimum absolute atomic E-state index is 0.181. The van der Waals surface area contributed by atoms with E-state index in [9.17, 15) is 0 Å². The van der Waals surface area contributed by atoms with Crippen LogP contribution in [-0.4, -0.2) is 21.6 Å². The van der Waals surface area contributed by atoms with Crippen molar-refractivity contribution in [2.75, 3.05) is 18.6 Å². The molecular formula is C16H15N5OS. The van der Waals surface area contributed by atoms with E-state index in [0.29, 0.717) is 5.82 Å². The standard InChI is InChI=1S/C16H15N5OS/c1-21-4-3-9-13-11(19-16(18)20-15(13)17)6-10(14(9)21)12-5-8(22-2)7-23-12/h3-7H,1-2H3,(H4,17,18,19,20). The number of aromatic nitrogens is 3. The summed E-state index contributed by atoms with van der Waals surface area (Å²) in [4.78, 5) is 9.56. The highest BCUT2D eigenvalue weighted by molar-refractivity contribution is 7.14. The molecule has 0 amide bonds. The van der Waals surface area contributed by atoms with Crippen molar-refractivity contribution >= 4 is 44.9 Å². The number of methoxy groups -OCH3 is 1. The highest BCUT2D eigenvalue weighted by Gasteiger charge is 2.16. The highest BCUT2D eigenvalue weighted by Crippen LogP contribution is 2.40. The molecule has 0 bridgehead atoms. The van der Waals surface area contributed by atoms with Crippen LogP contribution in [0.5, 0.6) is 5.75 Å². The number of aryl methyl sites for hydroxylation is 1. The first kappa shape index (κ1) is 13.8. The second-order valence-electron chi connectivity index (χ2n) is 5.33. The summed E-state index contributed by atoms with van der Waals surface area (Å²) in [5.74, 6) is 1.42. The summed E-state index contributed by atoms with van der Waals surface area (Å²) >= 11 is 1.63. The predicted molar refractivity (Wildman–Crippen MR) is 94.7 cm³/mol. The number of ether oxygens (including phenoxy) is 1. The Balaban J connectivity index is 2.15. The molecule has 0 unspecified atom stereocenters. The highest BCUT2D eigenvalue weighted by atomic mass is 32.1. The molecule has 0 aliphatic carbocycles. The van der Waals surface area contributed by atoms with E-state index in [-0.39, 0.29) is 5.95 Å². The molecule has 0 saturated carbocycles. The third-order valence-corrected chi connectivity index (χ3v) is 4.88. The van der Waals surface area contributed by atoms with Gasteiger partial charge >= 0.3 is 0 Å². The summed E-state index contributed by atoms with van der Waals surface area (Å²) in [5.41, 5.74) is 14.8. The Hall–Kier alpha value is -2.80. The zero-order valence-electron chi connectivity index (χ0n) is 12.7. The van der Waals surface area contributed by atoms with E-state index in [1.165, 1.54) is 0 Å². The van der Waals surface area contributed by atoms with Gasteiger partial charge in [0.25, 0.3) is 0 Å². The summed E-state index contributed by atoms with van der Waals surface area (Å²) < 4.78 is 7.38.